The van der Waals surface area contributed by atoms with E-state index in [0.717, 1.165) is 82.0 Å². The maximum Gasteiger partial charge on any atom is 0.304 e. The lowest BCUT2D eigenvalue weighted by Gasteiger charge is -2.14. The number of carboxylic acid groups (broad SMARTS) is 1. The topological polar surface area (TPSA) is 92.8 Å². The molecule has 6 heteroatoms. The summed E-state index contributed by atoms with van der Waals surface area (Å²) in [5, 5.41) is 24.3. The average Bonchev–Trinajstić information content (AvgIpc) is 3.71. The van der Waals surface area contributed by atoms with Crippen LogP contribution in [0.25, 0.3) is 22.5 Å². The number of rotatable bonds is 12. The molecule has 1 unspecified atom stereocenters. The van der Waals surface area contributed by atoms with Crippen LogP contribution in [0.1, 0.15) is 60.6 Å². The zero-order chi connectivity index (χ0) is 29.8. The molecule has 1 atom stereocenters. The van der Waals surface area contributed by atoms with Gasteiger partial charge in [0.2, 0.25) is 0 Å². The third-order valence-electron chi connectivity index (χ3n) is 8.45. The molecule has 6 rings (SSSR count). The van der Waals surface area contributed by atoms with Gasteiger partial charge in [0, 0.05) is 16.5 Å². The van der Waals surface area contributed by atoms with Crippen LogP contribution in [0, 0.1) is 6.92 Å². The first-order valence-corrected chi connectivity index (χ1v) is 14.8. The molecule has 1 aliphatic carbocycles. The van der Waals surface area contributed by atoms with Crippen LogP contribution in [0.2, 0.25) is 0 Å². The number of aliphatic hydroxyl groups is 1. The summed E-state index contributed by atoms with van der Waals surface area (Å²) < 4.78 is 11.6. The summed E-state index contributed by atoms with van der Waals surface area (Å²) in [5.74, 6) is 1.54. The van der Waals surface area contributed by atoms with Crippen molar-refractivity contribution in [2.24, 2.45) is 0 Å². The van der Waals surface area contributed by atoms with Gasteiger partial charge in [0.05, 0.1) is 18.2 Å². The minimum Gasteiger partial charge on any atom is -0.481 e. The number of carboxylic acids is 1. The molecule has 0 amide bonds. The molecule has 1 aliphatic rings. The van der Waals surface area contributed by atoms with Crippen LogP contribution in [0.15, 0.2) is 108 Å². The Balaban J connectivity index is 1.06. The van der Waals surface area contributed by atoms with Gasteiger partial charge in [-0.25, -0.2) is 0 Å². The number of ether oxygens (including phenoxy) is 1. The molecule has 2 N–H and O–H groups in total. The molecule has 218 valence electrons. The molecular formula is C37H35NO5. The summed E-state index contributed by atoms with van der Waals surface area (Å²) in [7, 11) is 0. The smallest absolute Gasteiger partial charge is 0.304 e. The van der Waals surface area contributed by atoms with E-state index >= 15 is 0 Å². The molecule has 1 aromatic heterocycles. The summed E-state index contributed by atoms with van der Waals surface area (Å²) in [6, 6.07) is 33.8. The van der Waals surface area contributed by atoms with Gasteiger partial charge in [-0.1, -0.05) is 84.0 Å². The van der Waals surface area contributed by atoms with Crippen LogP contribution in [0.4, 0.5) is 0 Å². The van der Waals surface area contributed by atoms with Crippen molar-refractivity contribution < 1.29 is 24.3 Å². The van der Waals surface area contributed by atoms with Crippen LogP contribution < -0.4 is 4.74 Å². The number of aliphatic hydroxyl groups excluding tert-OH is 1. The van der Waals surface area contributed by atoms with E-state index < -0.39 is 12.1 Å². The van der Waals surface area contributed by atoms with E-state index in [1.165, 1.54) is 0 Å². The van der Waals surface area contributed by atoms with Crippen molar-refractivity contribution in [3.05, 3.63) is 126 Å². The summed E-state index contributed by atoms with van der Waals surface area (Å²) >= 11 is 0. The van der Waals surface area contributed by atoms with E-state index in [2.05, 4.69) is 41.6 Å². The molecule has 0 saturated heterocycles. The number of carbonyl (C=O) groups is 1. The lowest BCUT2D eigenvalue weighted by Crippen LogP contribution is -2.12. The van der Waals surface area contributed by atoms with Crippen LogP contribution in [-0.2, 0) is 16.6 Å². The highest BCUT2D eigenvalue weighted by atomic mass is 16.5. The summed E-state index contributed by atoms with van der Waals surface area (Å²) in [6.45, 7) is 1.96. The second-order valence-electron chi connectivity index (χ2n) is 11.5. The Hall–Kier alpha value is -4.68. The fraction of sp³-hybridized carbons (Fsp3) is 0.243. The quantitative estimate of drug-likeness (QED) is 0.155. The predicted octanol–water partition coefficient (Wildman–Crippen LogP) is 8.67. The molecule has 0 spiro atoms. The fourth-order valence-electron chi connectivity index (χ4n) is 5.77. The van der Waals surface area contributed by atoms with E-state index in [1.807, 2.05) is 73.7 Å². The number of nitrogens with zero attached hydrogens (tertiary/aromatic N) is 1. The Morgan fingerprint density at radius 2 is 1.47 bits per heavy atom. The third-order valence-corrected chi connectivity index (χ3v) is 8.45. The van der Waals surface area contributed by atoms with Crippen molar-refractivity contribution in [3.63, 3.8) is 0 Å². The van der Waals surface area contributed by atoms with Gasteiger partial charge in [-0.15, -0.1) is 0 Å². The number of aliphatic carboxylic acids is 1. The molecule has 5 aromatic rings. The molecule has 1 heterocycles. The Morgan fingerprint density at radius 3 is 2.09 bits per heavy atom. The Labute approximate surface area is 251 Å². The highest BCUT2D eigenvalue weighted by Crippen LogP contribution is 2.51. The number of benzene rings is 4. The van der Waals surface area contributed by atoms with Gasteiger partial charge in [0.15, 0.2) is 5.76 Å². The largest absolute Gasteiger partial charge is 0.481 e. The molecule has 43 heavy (non-hydrogen) atoms. The molecule has 1 saturated carbocycles. The number of hydrogen-bond acceptors (Lipinski definition) is 5. The van der Waals surface area contributed by atoms with Crippen LogP contribution in [0.3, 0.4) is 0 Å². The van der Waals surface area contributed by atoms with Gasteiger partial charge >= 0.3 is 5.97 Å². The molecule has 4 aromatic carbocycles. The van der Waals surface area contributed by atoms with Gasteiger partial charge in [-0.05, 0) is 85.5 Å². The Bertz CT molecular complexity index is 1670. The van der Waals surface area contributed by atoms with Crippen LogP contribution in [0.5, 0.6) is 11.5 Å². The SMILES string of the molecule is Cc1noc(-c2ccc(-c3ccc(C4(CC(=O)O)CC4)cc3)cc2)c1CCCC(O)c1ccc(Oc2ccccc2)cc1. The zero-order valence-corrected chi connectivity index (χ0v) is 24.2. The highest BCUT2D eigenvalue weighted by Gasteiger charge is 2.45. The van der Waals surface area contributed by atoms with Crippen molar-refractivity contribution in [2.45, 2.75) is 57.0 Å². The Kier molecular flexibility index (Phi) is 8.12. The zero-order valence-electron chi connectivity index (χ0n) is 24.2. The van der Waals surface area contributed by atoms with Crippen LogP contribution >= 0.6 is 0 Å². The molecule has 6 nitrogen and oxygen atoms in total. The van der Waals surface area contributed by atoms with Gasteiger partial charge in [-0.2, -0.15) is 0 Å². The van der Waals surface area contributed by atoms with Crippen molar-refractivity contribution in [3.8, 4) is 33.9 Å². The summed E-state index contributed by atoms with van der Waals surface area (Å²) in [6.07, 6.45) is 3.64. The second kappa shape index (κ2) is 12.3. The van der Waals surface area contributed by atoms with E-state index in [1.54, 1.807) is 0 Å². The van der Waals surface area contributed by atoms with E-state index in [0.29, 0.717) is 6.42 Å². The minimum absolute atomic E-state index is 0.188. The summed E-state index contributed by atoms with van der Waals surface area (Å²) in [4.78, 5) is 11.3. The van der Waals surface area contributed by atoms with E-state index in [-0.39, 0.29) is 11.8 Å². The normalized spacial score (nSPS) is 14.3. The van der Waals surface area contributed by atoms with Crippen molar-refractivity contribution in [1.82, 2.24) is 5.16 Å². The van der Waals surface area contributed by atoms with Gasteiger partial charge < -0.3 is 19.5 Å². The molecule has 0 aliphatic heterocycles. The first-order valence-electron chi connectivity index (χ1n) is 14.8. The van der Waals surface area contributed by atoms with Gasteiger partial charge in [0.25, 0.3) is 0 Å². The maximum absolute atomic E-state index is 11.3. The molecule has 1 fully saturated rings. The summed E-state index contributed by atoms with van der Waals surface area (Å²) in [5.41, 5.74) is 6.84. The predicted molar refractivity (Wildman–Crippen MR) is 166 cm³/mol. The second-order valence-corrected chi connectivity index (χ2v) is 11.5. The van der Waals surface area contributed by atoms with Gasteiger partial charge in [-0.3, -0.25) is 4.79 Å². The lowest BCUT2D eigenvalue weighted by molar-refractivity contribution is -0.137. The van der Waals surface area contributed by atoms with E-state index in [9.17, 15) is 15.0 Å². The standard InChI is InChI=1S/C37H35NO5/c1-25-33(8-5-9-34(39)28-16-20-32(21-17-28)42-31-6-3-2-4-7-31)36(43-38-25)29-12-10-26(11-13-29)27-14-18-30(19-15-27)37(22-23-37)24-35(40)41/h2-4,6-7,10-21,34,39H,5,8-9,22-24H2,1H3,(H,40,41). The number of aromatic nitrogens is 1. The van der Waals surface area contributed by atoms with Crippen LogP contribution in [-0.4, -0.2) is 21.3 Å². The number of para-hydroxylation sites is 1. The maximum atomic E-state index is 11.3. The number of hydrogen-bond donors (Lipinski definition) is 2. The first kappa shape index (κ1) is 28.4. The fourth-order valence-corrected chi connectivity index (χ4v) is 5.77. The first-order chi connectivity index (χ1) is 20.9. The Morgan fingerprint density at radius 1 is 0.860 bits per heavy atom. The number of aryl methyl sites for hydroxylation is 1. The minimum atomic E-state index is -0.740. The van der Waals surface area contributed by atoms with Crippen molar-refractivity contribution in [2.75, 3.05) is 0 Å². The van der Waals surface area contributed by atoms with E-state index in [4.69, 9.17) is 9.26 Å². The van der Waals surface area contributed by atoms with Gasteiger partial charge in [0.1, 0.15) is 11.5 Å². The van der Waals surface area contributed by atoms with Crippen molar-refractivity contribution in [1.29, 1.82) is 0 Å². The monoisotopic (exact) mass is 573 g/mol. The van der Waals surface area contributed by atoms with Crippen molar-refractivity contribution >= 4 is 5.97 Å². The third kappa shape index (κ3) is 6.55. The molecule has 0 bridgehead atoms. The molecule has 0 radical (unpaired) electrons. The average molecular weight is 574 g/mol. The lowest BCUT2D eigenvalue weighted by atomic mass is 9.91. The highest BCUT2D eigenvalue weighted by molar-refractivity contribution is 5.72. The molecular weight excluding hydrogens is 538 g/mol.